The topological polar surface area (TPSA) is 12.5 Å². The van der Waals surface area contributed by atoms with E-state index < -0.39 is 0 Å². The average molecular weight is 233 g/mol. The van der Waals surface area contributed by atoms with Crippen molar-refractivity contribution >= 4 is 0 Å². The molecule has 1 aromatic rings. The van der Waals surface area contributed by atoms with Crippen LogP contribution in [-0.4, -0.2) is 18.2 Å². The van der Waals surface area contributed by atoms with Crippen molar-refractivity contribution in [2.45, 2.75) is 39.7 Å². The van der Waals surface area contributed by atoms with Crippen LogP contribution in [0.25, 0.3) is 0 Å². The number of hydroxylamine groups is 2. The van der Waals surface area contributed by atoms with Crippen molar-refractivity contribution in [3.8, 4) is 0 Å². The zero-order valence-electron chi connectivity index (χ0n) is 11.0. The van der Waals surface area contributed by atoms with Crippen LogP contribution >= 0.6 is 0 Å². The van der Waals surface area contributed by atoms with Gasteiger partial charge in [0.1, 0.15) is 0 Å². The molecule has 2 heteroatoms. The monoisotopic (exact) mass is 233 g/mol. The molecule has 1 aromatic carbocycles. The first kappa shape index (κ1) is 12.6. The van der Waals surface area contributed by atoms with Crippen LogP contribution in [0.3, 0.4) is 0 Å². The second-order valence-electron chi connectivity index (χ2n) is 5.47. The lowest BCUT2D eigenvalue weighted by Crippen LogP contribution is -2.54. The zero-order chi connectivity index (χ0) is 12.1. The molecule has 0 aromatic heterocycles. The molecule has 1 aliphatic rings. The molecule has 0 atom stereocenters. The average Bonchev–Trinajstić information content (AvgIpc) is 2.32. The van der Waals surface area contributed by atoms with E-state index >= 15 is 0 Å². The Labute approximate surface area is 105 Å². The fraction of sp³-hybridized carbons (Fsp3) is 0.600. The lowest BCUT2D eigenvalue weighted by molar-refractivity contribution is -0.255. The van der Waals surface area contributed by atoms with Gasteiger partial charge in [-0.3, -0.25) is 4.84 Å². The maximum Gasteiger partial charge on any atom is 0.0935 e. The molecule has 1 heterocycles. The van der Waals surface area contributed by atoms with Crippen LogP contribution in [0.1, 0.15) is 38.7 Å². The summed E-state index contributed by atoms with van der Waals surface area (Å²) in [6.45, 7) is 7.49. The molecule has 17 heavy (non-hydrogen) atoms. The van der Waals surface area contributed by atoms with E-state index in [0.717, 1.165) is 13.1 Å². The molecular weight excluding hydrogens is 210 g/mol. The first-order valence-corrected chi connectivity index (χ1v) is 6.64. The van der Waals surface area contributed by atoms with Crippen molar-refractivity contribution in [2.75, 3.05) is 13.1 Å². The van der Waals surface area contributed by atoms with Crippen LogP contribution in [0.5, 0.6) is 0 Å². The maximum absolute atomic E-state index is 5.77. The molecule has 0 bridgehead atoms. The van der Waals surface area contributed by atoms with E-state index in [1.54, 1.807) is 0 Å². The summed E-state index contributed by atoms with van der Waals surface area (Å²) >= 11 is 0. The normalized spacial score (nSPS) is 18.9. The molecule has 2 rings (SSSR count). The molecule has 0 aliphatic carbocycles. The molecule has 0 saturated carbocycles. The third kappa shape index (κ3) is 3.55. The van der Waals surface area contributed by atoms with Crippen molar-refractivity contribution in [1.82, 2.24) is 5.06 Å². The van der Waals surface area contributed by atoms with Gasteiger partial charge in [-0.15, -0.1) is 0 Å². The molecule has 2 nitrogen and oxygen atoms in total. The van der Waals surface area contributed by atoms with Gasteiger partial charge < -0.3 is 0 Å². The number of unbranched alkanes of at least 4 members (excludes halogenated alkanes) is 1. The number of nitrogens with zero attached hydrogens (tertiary/aromatic N) is 1. The van der Waals surface area contributed by atoms with E-state index in [1.165, 1.54) is 24.8 Å². The second kappa shape index (κ2) is 5.65. The fourth-order valence-corrected chi connectivity index (χ4v) is 2.40. The smallest absolute Gasteiger partial charge is 0.0935 e. The quantitative estimate of drug-likeness (QED) is 0.744. The Morgan fingerprint density at radius 3 is 2.59 bits per heavy atom. The van der Waals surface area contributed by atoms with Gasteiger partial charge in [-0.1, -0.05) is 57.0 Å². The minimum atomic E-state index is 0.493. The summed E-state index contributed by atoms with van der Waals surface area (Å²) in [5.74, 6) is 0. The summed E-state index contributed by atoms with van der Waals surface area (Å²) in [4.78, 5) is 5.77. The van der Waals surface area contributed by atoms with Crippen LogP contribution in [0.2, 0.25) is 0 Å². The van der Waals surface area contributed by atoms with Gasteiger partial charge in [0.2, 0.25) is 0 Å². The lowest BCUT2D eigenvalue weighted by atomic mass is 9.79. The maximum atomic E-state index is 5.77. The summed E-state index contributed by atoms with van der Waals surface area (Å²) in [6.07, 6.45) is 3.96. The van der Waals surface area contributed by atoms with Gasteiger partial charge in [-0.2, -0.15) is 5.06 Å². The largest absolute Gasteiger partial charge is 0.294 e. The SMILES string of the molecule is CCCCC1(C)CN(OCc2ccccc2)C1. The van der Waals surface area contributed by atoms with E-state index in [0.29, 0.717) is 12.0 Å². The highest BCUT2D eigenvalue weighted by atomic mass is 16.7. The Morgan fingerprint density at radius 2 is 1.94 bits per heavy atom. The Morgan fingerprint density at radius 1 is 1.24 bits per heavy atom. The molecule has 0 unspecified atom stereocenters. The highest BCUT2D eigenvalue weighted by Crippen LogP contribution is 2.35. The summed E-state index contributed by atoms with van der Waals surface area (Å²) in [5, 5.41) is 2.10. The predicted molar refractivity (Wildman–Crippen MR) is 70.4 cm³/mol. The van der Waals surface area contributed by atoms with Gasteiger partial charge in [0, 0.05) is 13.1 Å². The Balaban J connectivity index is 1.67. The number of rotatable bonds is 6. The Kier molecular flexibility index (Phi) is 4.19. The zero-order valence-corrected chi connectivity index (χ0v) is 11.0. The van der Waals surface area contributed by atoms with Crippen molar-refractivity contribution in [3.63, 3.8) is 0 Å². The lowest BCUT2D eigenvalue weighted by Gasteiger charge is -2.47. The molecule has 0 amide bonds. The number of hydrogen-bond donors (Lipinski definition) is 0. The highest BCUT2D eigenvalue weighted by Gasteiger charge is 2.38. The Hall–Kier alpha value is -0.860. The first-order valence-electron chi connectivity index (χ1n) is 6.64. The van der Waals surface area contributed by atoms with E-state index in [1.807, 2.05) is 6.07 Å². The molecule has 1 fully saturated rings. The van der Waals surface area contributed by atoms with Gasteiger partial charge in [0.25, 0.3) is 0 Å². The van der Waals surface area contributed by atoms with Gasteiger partial charge in [0.15, 0.2) is 0 Å². The summed E-state index contributed by atoms with van der Waals surface area (Å²) in [7, 11) is 0. The van der Waals surface area contributed by atoms with Crippen LogP contribution in [0, 0.1) is 5.41 Å². The second-order valence-corrected chi connectivity index (χ2v) is 5.47. The molecular formula is C15H23NO. The minimum absolute atomic E-state index is 0.493. The van der Waals surface area contributed by atoms with Crippen LogP contribution in [-0.2, 0) is 11.4 Å². The van der Waals surface area contributed by atoms with Gasteiger partial charge in [0.05, 0.1) is 6.61 Å². The van der Waals surface area contributed by atoms with Crippen LogP contribution in [0.15, 0.2) is 30.3 Å². The van der Waals surface area contributed by atoms with Crippen molar-refractivity contribution < 1.29 is 4.84 Å². The van der Waals surface area contributed by atoms with Crippen molar-refractivity contribution in [2.24, 2.45) is 5.41 Å². The van der Waals surface area contributed by atoms with E-state index in [4.69, 9.17) is 4.84 Å². The molecule has 0 radical (unpaired) electrons. The van der Waals surface area contributed by atoms with E-state index in [9.17, 15) is 0 Å². The first-order chi connectivity index (χ1) is 8.22. The van der Waals surface area contributed by atoms with E-state index in [2.05, 4.69) is 43.2 Å². The van der Waals surface area contributed by atoms with Gasteiger partial charge >= 0.3 is 0 Å². The third-order valence-corrected chi connectivity index (χ3v) is 3.51. The number of hydrogen-bond acceptors (Lipinski definition) is 2. The standard InChI is InChI=1S/C15H23NO/c1-3-4-10-15(2)12-16(13-15)17-11-14-8-6-5-7-9-14/h5-9H,3-4,10-13H2,1-2H3. The molecule has 94 valence electrons. The van der Waals surface area contributed by atoms with Crippen molar-refractivity contribution in [3.05, 3.63) is 35.9 Å². The third-order valence-electron chi connectivity index (χ3n) is 3.51. The van der Waals surface area contributed by atoms with Crippen LogP contribution in [0.4, 0.5) is 0 Å². The van der Waals surface area contributed by atoms with Crippen molar-refractivity contribution in [1.29, 1.82) is 0 Å². The fourth-order valence-electron chi connectivity index (χ4n) is 2.40. The summed E-state index contributed by atoms with van der Waals surface area (Å²) in [6, 6.07) is 10.4. The van der Waals surface area contributed by atoms with E-state index in [-0.39, 0.29) is 0 Å². The molecule has 1 saturated heterocycles. The predicted octanol–water partition coefficient (Wildman–Crippen LogP) is 3.63. The highest BCUT2D eigenvalue weighted by molar-refractivity contribution is 5.13. The van der Waals surface area contributed by atoms with Gasteiger partial charge in [-0.05, 0) is 17.4 Å². The summed E-state index contributed by atoms with van der Waals surface area (Å²) in [5.41, 5.74) is 1.74. The minimum Gasteiger partial charge on any atom is -0.294 e. The summed E-state index contributed by atoms with van der Waals surface area (Å²) < 4.78 is 0. The molecule has 1 aliphatic heterocycles. The number of benzene rings is 1. The molecule has 0 spiro atoms. The van der Waals surface area contributed by atoms with Gasteiger partial charge in [-0.25, -0.2) is 0 Å². The van der Waals surface area contributed by atoms with Crippen LogP contribution < -0.4 is 0 Å². The Bertz CT molecular complexity index is 330. The molecule has 0 N–H and O–H groups in total.